The summed E-state index contributed by atoms with van der Waals surface area (Å²) in [6, 6.07) is 0. The molecule has 0 bridgehead atoms. The molecular weight excluding hydrogens is 360 g/mol. The van der Waals surface area contributed by atoms with E-state index in [2.05, 4.69) is 27.7 Å². The first-order chi connectivity index (χ1) is 13.5. The van der Waals surface area contributed by atoms with Crippen molar-refractivity contribution in [2.24, 2.45) is 39.9 Å². The number of carbonyl (C=O) groups is 1. The summed E-state index contributed by atoms with van der Waals surface area (Å²) in [7, 11) is 0. The maximum Gasteiger partial charge on any atom is 0.162 e. The molecule has 0 heterocycles. The first-order valence-electron chi connectivity index (χ1n) is 12.1. The summed E-state index contributed by atoms with van der Waals surface area (Å²) >= 11 is 0. The van der Waals surface area contributed by atoms with Gasteiger partial charge in [-0.25, -0.2) is 0 Å². The van der Waals surface area contributed by atoms with Crippen molar-refractivity contribution in [1.29, 1.82) is 0 Å². The largest absolute Gasteiger partial charge is 0.396 e. The highest BCUT2D eigenvalue weighted by Gasteiger charge is 2.67. The fourth-order valence-corrected chi connectivity index (χ4v) is 8.80. The van der Waals surface area contributed by atoms with Crippen LogP contribution in [0.5, 0.6) is 0 Å². The average molecular weight is 403 g/mol. The zero-order valence-corrected chi connectivity index (χ0v) is 19.3. The molecule has 4 aliphatic carbocycles. The highest BCUT2D eigenvalue weighted by atomic mass is 16.3. The smallest absolute Gasteiger partial charge is 0.162 e. The molecule has 0 amide bonds. The van der Waals surface area contributed by atoms with Crippen LogP contribution in [0.25, 0.3) is 0 Å². The van der Waals surface area contributed by atoms with Gasteiger partial charge in [-0.15, -0.1) is 0 Å². The molecule has 1 unspecified atom stereocenters. The van der Waals surface area contributed by atoms with E-state index in [4.69, 9.17) is 0 Å². The molecule has 3 saturated carbocycles. The number of allylic oxidation sites excluding steroid dienone is 1. The molecule has 0 spiro atoms. The van der Waals surface area contributed by atoms with E-state index in [-0.39, 0.29) is 22.9 Å². The number of fused-ring (bicyclic) bond motifs is 5. The second kappa shape index (κ2) is 6.92. The molecule has 0 aliphatic heterocycles. The third-order valence-corrected chi connectivity index (χ3v) is 10.4. The summed E-state index contributed by atoms with van der Waals surface area (Å²) in [5, 5.41) is 20.0. The lowest BCUT2D eigenvalue weighted by molar-refractivity contribution is -0.156. The third-order valence-electron chi connectivity index (χ3n) is 10.4. The van der Waals surface area contributed by atoms with Crippen LogP contribution in [0.15, 0.2) is 11.6 Å². The molecule has 0 aromatic rings. The van der Waals surface area contributed by atoms with Crippen LogP contribution < -0.4 is 0 Å². The molecule has 3 heteroatoms. The van der Waals surface area contributed by atoms with E-state index < -0.39 is 5.60 Å². The van der Waals surface area contributed by atoms with E-state index in [0.717, 1.165) is 32.1 Å². The molecule has 0 aromatic heterocycles. The lowest BCUT2D eigenvalue weighted by Crippen LogP contribution is -2.60. The Labute approximate surface area is 177 Å². The number of aliphatic hydroxyl groups excluding tert-OH is 1. The van der Waals surface area contributed by atoms with Gasteiger partial charge < -0.3 is 10.2 Å². The molecule has 8 atom stereocenters. The van der Waals surface area contributed by atoms with Crippen molar-refractivity contribution >= 4 is 5.78 Å². The average Bonchev–Trinajstić information content (AvgIpc) is 3.00. The summed E-state index contributed by atoms with van der Waals surface area (Å²) in [5.41, 5.74) is 0.587. The van der Waals surface area contributed by atoms with Gasteiger partial charge in [0, 0.05) is 12.0 Å². The lowest BCUT2D eigenvalue weighted by atomic mass is 9.40. The molecule has 4 rings (SSSR count). The van der Waals surface area contributed by atoms with Crippen LogP contribution in [-0.2, 0) is 4.79 Å². The molecule has 3 fully saturated rings. The number of aliphatic hydroxyl groups is 2. The van der Waals surface area contributed by atoms with Crippen LogP contribution >= 0.6 is 0 Å². The van der Waals surface area contributed by atoms with Crippen molar-refractivity contribution in [1.82, 2.24) is 0 Å². The Morgan fingerprint density at radius 1 is 1.07 bits per heavy atom. The van der Waals surface area contributed by atoms with E-state index in [1.165, 1.54) is 24.8 Å². The Morgan fingerprint density at radius 3 is 2.48 bits per heavy atom. The van der Waals surface area contributed by atoms with E-state index in [0.29, 0.717) is 35.9 Å². The van der Waals surface area contributed by atoms with Crippen molar-refractivity contribution in [2.75, 3.05) is 6.61 Å². The van der Waals surface area contributed by atoms with Gasteiger partial charge in [0.05, 0.1) is 5.60 Å². The molecule has 164 valence electrons. The summed E-state index contributed by atoms with van der Waals surface area (Å²) < 4.78 is 0. The van der Waals surface area contributed by atoms with Crippen LogP contribution in [0.4, 0.5) is 0 Å². The van der Waals surface area contributed by atoms with E-state index in [1.54, 1.807) is 0 Å². The fourth-order valence-electron chi connectivity index (χ4n) is 8.80. The van der Waals surface area contributed by atoms with E-state index in [1.807, 2.05) is 13.0 Å². The van der Waals surface area contributed by atoms with Gasteiger partial charge in [-0.1, -0.05) is 33.3 Å². The molecule has 29 heavy (non-hydrogen) atoms. The van der Waals surface area contributed by atoms with Gasteiger partial charge in [0.25, 0.3) is 0 Å². The Hall–Kier alpha value is -0.670. The van der Waals surface area contributed by atoms with E-state index >= 15 is 0 Å². The predicted octanol–water partition coefficient (Wildman–Crippen LogP) is 5.29. The summed E-state index contributed by atoms with van der Waals surface area (Å²) in [6.07, 6.45) is 11.2. The second-order valence-electron chi connectivity index (χ2n) is 12.1. The minimum Gasteiger partial charge on any atom is -0.396 e. The van der Waals surface area contributed by atoms with Crippen LogP contribution in [-0.4, -0.2) is 28.2 Å². The maximum atomic E-state index is 13.7. The van der Waals surface area contributed by atoms with Crippen molar-refractivity contribution < 1.29 is 15.0 Å². The standard InChI is InChI=1S/C26H42O3/c1-17(7-6-14-27)19-8-9-20-25(19,4)11-10-21-24(3)13-12-23(2,29)16-18(24)15-22(28)26(20,21)5/h15,17,19-21,27,29H,6-14,16H2,1-5H3/t17-,19-,20-,21-,23+,24+,25-,26?/m1/s1. The summed E-state index contributed by atoms with van der Waals surface area (Å²) in [5.74, 6) is 2.48. The van der Waals surface area contributed by atoms with Gasteiger partial charge >= 0.3 is 0 Å². The molecule has 4 aliphatic rings. The molecule has 0 radical (unpaired) electrons. The van der Waals surface area contributed by atoms with Gasteiger partial charge in [0.2, 0.25) is 0 Å². The summed E-state index contributed by atoms with van der Waals surface area (Å²) in [4.78, 5) is 13.7. The van der Waals surface area contributed by atoms with Crippen molar-refractivity contribution in [3.8, 4) is 0 Å². The topological polar surface area (TPSA) is 57.5 Å². The number of carbonyl (C=O) groups excluding carboxylic acids is 1. The Morgan fingerprint density at radius 2 is 1.79 bits per heavy atom. The molecule has 0 aromatic carbocycles. The van der Waals surface area contributed by atoms with Crippen molar-refractivity contribution in [3.05, 3.63) is 11.6 Å². The van der Waals surface area contributed by atoms with Crippen LogP contribution in [0.3, 0.4) is 0 Å². The zero-order valence-electron chi connectivity index (χ0n) is 19.3. The number of hydrogen-bond acceptors (Lipinski definition) is 3. The van der Waals surface area contributed by atoms with Crippen LogP contribution in [0, 0.1) is 39.9 Å². The second-order valence-corrected chi connectivity index (χ2v) is 12.1. The molecule has 2 N–H and O–H groups in total. The molecule has 3 nitrogen and oxygen atoms in total. The normalized spacial score (nSPS) is 50.4. The highest BCUT2D eigenvalue weighted by molar-refractivity contribution is 5.97. The van der Waals surface area contributed by atoms with E-state index in [9.17, 15) is 15.0 Å². The van der Waals surface area contributed by atoms with Gasteiger partial charge in [-0.2, -0.15) is 0 Å². The monoisotopic (exact) mass is 402 g/mol. The van der Waals surface area contributed by atoms with Gasteiger partial charge in [0.15, 0.2) is 5.78 Å². The number of ketones is 1. The number of hydrogen-bond donors (Lipinski definition) is 2. The number of rotatable bonds is 4. The predicted molar refractivity (Wildman–Crippen MR) is 116 cm³/mol. The Balaban J connectivity index is 1.69. The Bertz CT molecular complexity index is 709. The SMILES string of the molecule is C[C@H](CCCO)[C@H]1CC[C@H]2C3(C)C(=O)C=C4C[C@@](C)(O)CC[C@]4(C)[C@H]3CC[C@]12C. The fraction of sp³-hybridized carbons (Fsp3) is 0.885. The van der Waals surface area contributed by atoms with Crippen molar-refractivity contribution in [2.45, 2.75) is 98.0 Å². The highest BCUT2D eigenvalue weighted by Crippen LogP contribution is 2.71. The Kier molecular flexibility index (Phi) is 5.14. The quantitative estimate of drug-likeness (QED) is 0.671. The summed E-state index contributed by atoms with van der Waals surface area (Å²) in [6.45, 7) is 11.8. The van der Waals surface area contributed by atoms with Gasteiger partial charge in [-0.3, -0.25) is 4.79 Å². The lowest BCUT2D eigenvalue weighted by Gasteiger charge is -2.63. The van der Waals surface area contributed by atoms with Gasteiger partial charge in [-0.05, 0) is 105 Å². The molecule has 0 saturated heterocycles. The van der Waals surface area contributed by atoms with Gasteiger partial charge in [0.1, 0.15) is 0 Å². The first kappa shape index (κ1) is 21.6. The minimum absolute atomic E-state index is 0.0623. The first-order valence-corrected chi connectivity index (χ1v) is 12.1. The van der Waals surface area contributed by atoms with Crippen molar-refractivity contribution in [3.63, 3.8) is 0 Å². The maximum absolute atomic E-state index is 13.7. The van der Waals surface area contributed by atoms with Crippen LogP contribution in [0.2, 0.25) is 0 Å². The molecular formula is C26H42O3. The third kappa shape index (κ3) is 3.01. The van der Waals surface area contributed by atoms with Crippen LogP contribution in [0.1, 0.15) is 92.4 Å². The zero-order chi connectivity index (χ0) is 21.2. The minimum atomic E-state index is -0.664.